The molecule has 2 saturated carbocycles. The normalized spacial score (nSPS) is 27.4. The summed E-state index contributed by atoms with van der Waals surface area (Å²) >= 11 is 0. The van der Waals surface area contributed by atoms with Gasteiger partial charge in [-0.15, -0.1) is 0 Å². The Morgan fingerprint density at radius 2 is 0.971 bits per heavy atom. The molecule has 8 unspecified atom stereocenters. The van der Waals surface area contributed by atoms with Crippen LogP contribution in [0.1, 0.15) is 206 Å². The molecule has 0 radical (unpaired) electrons. The minimum Gasteiger partial charge on any atom is -0.491 e. The molecule has 0 heterocycles. The van der Waals surface area contributed by atoms with Crippen molar-refractivity contribution in [1.29, 1.82) is 0 Å². The van der Waals surface area contributed by atoms with Crippen molar-refractivity contribution in [2.75, 3.05) is 26.4 Å². The van der Waals surface area contributed by atoms with Crippen molar-refractivity contribution < 1.29 is 38.0 Å². The van der Waals surface area contributed by atoms with Gasteiger partial charge in [-0.3, -0.25) is 9.59 Å². The molecule has 8 nitrogen and oxygen atoms in total. The van der Waals surface area contributed by atoms with Crippen LogP contribution in [0.15, 0.2) is 60.7 Å². The van der Waals surface area contributed by atoms with Crippen molar-refractivity contribution in [2.45, 2.75) is 220 Å². The van der Waals surface area contributed by atoms with Gasteiger partial charge in [0.25, 0.3) is 0 Å². The van der Waals surface area contributed by atoms with Gasteiger partial charge in [0, 0.05) is 6.07 Å². The zero-order valence-corrected chi connectivity index (χ0v) is 45.8. The molecule has 0 saturated heterocycles. The van der Waals surface area contributed by atoms with Crippen LogP contribution in [0.3, 0.4) is 0 Å². The van der Waals surface area contributed by atoms with Crippen LogP contribution in [0.5, 0.6) is 11.5 Å². The minimum absolute atomic E-state index is 0.0781. The molecule has 0 N–H and O–H groups in total. The first-order valence-electron chi connectivity index (χ1n) is 27.3. The summed E-state index contributed by atoms with van der Waals surface area (Å²) in [7, 11) is 0. The monoisotopic (exact) mass is 963 g/mol. The second-order valence-electron chi connectivity index (χ2n) is 24.7. The highest BCUT2D eigenvalue weighted by molar-refractivity contribution is 5.78. The lowest BCUT2D eigenvalue weighted by Crippen LogP contribution is -2.53. The first-order valence-corrected chi connectivity index (χ1v) is 27.3. The Bertz CT molecular complexity index is 2140. The van der Waals surface area contributed by atoms with Crippen molar-refractivity contribution in [3.05, 3.63) is 94.0 Å². The molecule has 3 aromatic carbocycles. The number of hydrogen-bond donors (Lipinski definition) is 0. The van der Waals surface area contributed by atoms with Crippen LogP contribution < -0.4 is 9.47 Å². The predicted molar refractivity (Wildman–Crippen MR) is 281 cm³/mol. The SMILES string of the molecule is CCC(C)(C)OC(COC(=O)C1(C)CCCC2(C)c3ccc(C(C)C)cc3CCC12)COc1cccc(OCC(COC(=O)C2(C)CCCC3(C)c4ccc(C(C)C)cc4CCC23)OC(C)(C)CC)c1. The Morgan fingerprint density at radius 1 is 0.571 bits per heavy atom. The highest BCUT2D eigenvalue weighted by atomic mass is 16.6. The Balaban J connectivity index is 0.982. The smallest absolute Gasteiger partial charge is 0.312 e. The van der Waals surface area contributed by atoms with Gasteiger partial charge in [-0.1, -0.05) is 111 Å². The molecule has 8 atom stereocenters. The van der Waals surface area contributed by atoms with Crippen molar-refractivity contribution in [2.24, 2.45) is 22.7 Å². The van der Waals surface area contributed by atoms with Crippen LogP contribution in [0, 0.1) is 22.7 Å². The second-order valence-corrected chi connectivity index (χ2v) is 24.7. The summed E-state index contributed by atoms with van der Waals surface area (Å²) in [5, 5.41) is 0. The van der Waals surface area contributed by atoms with Gasteiger partial charge >= 0.3 is 11.9 Å². The molecule has 0 bridgehead atoms. The van der Waals surface area contributed by atoms with Crippen LogP contribution in [-0.2, 0) is 52.2 Å². The lowest BCUT2D eigenvalue weighted by atomic mass is 9.49. The van der Waals surface area contributed by atoms with Crippen LogP contribution in [0.25, 0.3) is 0 Å². The molecular weight excluding hydrogens is 873 g/mol. The third-order valence-corrected chi connectivity index (χ3v) is 18.2. The molecule has 0 aromatic heterocycles. The quantitative estimate of drug-likeness (QED) is 0.103. The zero-order valence-electron chi connectivity index (χ0n) is 45.8. The predicted octanol–water partition coefficient (Wildman–Crippen LogP) is 14.3. The fourth-order valence-corrected chi connectivity index (χ4v) is 13.2. The van der Waals surface area contributed by atoms with E-state index in [9.17, 15) is 9.59 Å². The number of benzene rings is 3. The van der Waals surface area contributed by atoms with Gasteiger partial charge in [-0.2, -0.15) is 0 Å². The van der Waals surface area contributed by atoms with E-state index in [1.165, 1.54) is 33.4 Å². The maximum atomic E-state index is 14.4. The Morgan fingerprint density at radius 3 is 1.34 bits per heavy atom. The molecule has 2 fully saturated rings. The molecule has 0 amide bonds. The van der Waals surface area contributed by atoms with Crippen LogP contribution >= 0.6 is 0 Å². The molecule has 386 valence electrons. The molecule has 7 rings (SSSR count). The highest BCUT2D eigenvalue weighted by Gasteiger charge is 2.57. The van der Waals surface area contributed by atoms with E-state index in [1.54, 1.807) is 0 Å². The largest absolute Gasteiger partial charge is 0.491 e. The fourth-order valence-electron chi connectivity index (χ4n) is 13.2. The molecule has 4 aliphatic rings. The van der Waals surface area contributed by atoms with E-state index < -0.39 is 34.2 Å². The first-order chi connectivity index (χ1) is 33.0. The van der Waals surface area contributed by atoms with Gasteiger partial charge in [0.15, 0.2) is 0 Å². The van der Waals surface area contributed by atoms with Gasteiger partial charge in [0.2, 0.25) is 0 Å². The number of fused-ring (bicyclic) bond motifs is 6. The lowest BCUT2D eigenvalue weighted by molar-refractivity contribution is -0.175. The van der Waals surface area contributed by atoms with E-state index in [-0.39, 0.29) is 61.0 Å². The third kappa shape index (κ3) is 11.3. The lowest BCUT2D eigenvalue weighted by Gasteiger charge is -2.54. The van der Waals surface area contributed by atoms with Crippen molar-refractivity contribution in [3.8, 4) is 11.5 Å². The van der Waals surface area contributed by atoms with Crippen LogP contribution in [0.2, 0.25) is 0 Å². The molecule has 0 aliphatic heterocycles. The van der Waals surface area contributed by atoms with Crippen LogP contribution in [0.4, 0.5) is 0 Å². The molecular formula is C62H90O8. The molecule has 8 heteroatoms. The van der Waals surface area contributed by atoms with Gasteiger partial charge in [0.1, 0.15) is 50.1 Å². The van der Waals surface area contributed by atoms with Crippen molar-refractivity contribution in [3.63, 3.8) is 0 Å². The molecule has 70 heavy (non-hydrogen) atoms. The standard InChI is InChI=1S/C62H90O8/c1-15-57(7,8)69-49(39-67-55(63)61(13)32-18-30-59(11)51-26-22-43(41(3)4)34-45(51)24-28-53(59)61)37-65-47-20-17-21-48(36-47)66-38-50(70-58(9,10)16-2)40-68-56(64)62(14)33-19-31-60(12)52-27-23-44(42(5)6)35-46(52)25-29-54(60)62/h17,20-23,26-27,34-36,41-42,49-50,53-54H,15-16,18-19,24-25,28-33,37-40H2,1-14H3. The summed E-state index contributed by atoms with van der Waals surface area (Å²) in [6.45, 7) is 31.1. The summed E-state index contributed by atoms with van der Waals surface area (Å²) < 4.78 is 38.7. The Labute approximate surface area is 423 Å². The highest BCUT2D eigenvalue weighted by Crippen LogP contribution is 2.59. The Hall–Kier alpha value is -3.88. The van der Waals surface area contributed by atoms with E-state index in [0.29, 0.717) is 23.3 Å². The second kappa shape index (κ2) is 21.3. The number of carbonyl (C=O) groups excluding carboxylic acids is 2. The summed E-state index contributed by atoms with van der Waals surface area (Å²) in [5.41, 5.74) is 6.24. The maximum Gasteiger partial charge on any atom is 0.312 e. The molecule has 4 aliphatic carbocycles. The summed E-state index contributed by atoms with van der Waals surface area (Å²) in [4.78, 5) is 28.8. The first kappa shape index (κ1) is 53.9. The van der Waals surface area contributed by atoms with E-state index in [0.717, 1.165) is 77.0 Å². The van der Waals surface area contributed by atoms with Gasteiger partial charge in [0.05, 0.1) is 22.0 Å². The van der Waals surface area contributed by atoms with Gasteiger partial charge in [-0.25, -0.2) is 0 Å². The van der Waals surface area contributed by atoms with Crippen molar-refractivity contribution in [1.82, 2.24) is 0 Å². The van der Waals surface area contributed by atoms with E-state index >= 15 is 0 Å². The summed E-state index contributed by atoms with van der Waals surface area (Å²) in [5.74, 6) is 2.32. The average molecular weight is 963 g/mol. The number of carbonyl (C=O) groups is 2. The number of aryl methyl sites for hydroxylation is 2. The number of esters is 2. The minimum atomic E-state index is -0.597. The maximum absolute atomic E-state index is 14.4. The topological polar surface area (TPSA) is 89.5 Å². The van der Waals surface area contributed by atoms with E-state index in [2.05, 4.69) is 133 Å². The van der Waals surface area contributed by atoms with Gasteiger partial charge in [-0.05, 0) is 186 Å². The average Bonchev–Trinajstić information content (AvgIpc) is 3.32. The zero-order chi connectivity index (χ0) is 50.9. The van der Waals surface area contributed by atoms with Gasteiger partial charge < -0.3 is 28.4 Å². The Kier molecular flexibility index (Phi) is 16.4. The van der Waals surface area contributed by atoms with E-state index in [1.807, 2.05) is 24.3 Å². The number of rotatable bonds is 20. The summed E-state index contributed by atoms with van der Waals surface area (Å²) in [6, 6.07) is 21.7. The third-order valence-electron chi connectivity index (χ3n) is 18.2. The fraction of sp³-hybridized carbons (Fsp3) is 0.677. The molecule has 0 spiro atoms. The number of hydrogen-bond acceptors (Lipinski definition) is 8. The van der Waals surface area contributed by atoms with Crippen molar-refractivity contribution >= 4 is 11.9 Å². The van der Waals surface area contributed by atoms with Crippen LogP contribution in [-0.4, -0.2) is 61.8 Å². The summed E-state index contributed by atoms with van der Waals surface area (Å²) in [6.07, 6.45) is 10.3. The molecule has 3 aromatic rings. The number of ether oxygens (including phenoxy) is 6. The van der Waals surface area contributed by atoms with E-state index in [4.69, 9.17) is 28.4 Å².